The van der Waals surface area contributed by atoms with E-state index in [2.05, 4.69) is 4.98 Å². The molecule has 88 valence electrons. The van der Waals surface area contributed by atoms with Crippen LogP contribution in [0.2, 0.25) is 5.02 Å². The molecule has 4 heteroatoms. The van der Waals surface area contributed by atoms with Crippen molar-refractivity contribution in [3.63, 3.8) is 0 Å². The Bertz CT molecular complexity index is 529. The molecule has 2 rings (SSSR count). The summed E-state index contributed by atoms with van der Waals surface area (Å²) in [5, 5.41) is 9.60. The molecular formula is C13H12ClNO2. The lowest BCUT2D eigenvalue weighted by molar-refractivity contribution is 0.281. The predicted octanol–water partition coefficient (Wildman–Crippen LogP) is 3.33. The van der Waals surface area contributed by atoms with Crippen molar-refractivity contribution in [2.24, 2.45) is 0 Å². The molecule has 0 aliphatic heterocycles. The molecule has 0 bridgehead atoms. The summed E-state index contributed by atoms with van der Waals surface area (Å²) in [6.07, 6.45) is 1.59. The molecule has 0 aliphatic rings. The van der Waals surface area contributed by atoms with Crippen molar-refractivity contribution in [3.8, 4) is 11.6 Å². The quantitative estimate of drug-likeness (QED) is 0.907. The third-order valence-electron chi connectivity index (χ3n) is 2.28. The van der Waals surface area contributed by atoms with Crippen molar-refractivity contribution in [2.75, 3.05) is 0 Å². The van der Waals surface area contributed by atoms with E-state index in [9.17, 15) is 0 Å². The Kier molecular flexibility index (Phi) is 3.61. The maximum Gasteiger partial charge on any atom is 0.222 e. The molecule has 0 aliphatic carbocycles. The van der Waals surface area contributed by atoms with Crippen LogP contribution in [0.4, 0.5) is 0 Å². The van der Waals surface area contributed by atoms with Crippen molar-refractivity contribution >= 4 is 11.6 Å². The molecule has 1 N–H and O–H groups in total. The molecule has 17 heavy (non-hydrogen) atoms. The first-order chi connectivity index (χ1) is 8.19. The van der Waals surface area contributed by atoms with Gasteiger partial charge in [0.2, 0.25) is 5.88 Å². The second kappa shape index (κ2) is 5.17. The molecule has 0 amide bonds. The lowest BCUT2D eigenvalue weighted by Gasteiger charge is -2.08. The number of benzene rings is 1. The van der Waals surface area contributed by atoms with E-state index in [0.29, 0.717) is 16.7 Å². The average molecular weight is 250 g/mol. The topological polar surface area (TPSA) is 42.4 Å². The van der Waals surface area contributed by atoms with Crippen LogP contribution in [0.1, 0.15) is 11.1 Å². The number of aromatic nitrogens is 1. The summed E-state index contributed by atoms with van der Waals surface area (Å²) in [4.78, 5) is 4.15. The molecule has 1 aromatic heterocycles. The van der Waals surface area contributed by atoms with Crippen LogP contribution in [0, 0.1) is 6.92 Å². The second-order valence-electron chi connectivity index (χ2n) is 3.68. The van der Waals surface area contributed by atoms with Gasteiger partial charge in [0.05, 0.1) is 6.61 Å². The van der Waals surface area contributed by atoms with E-state index in [-0.39, 0.29) is 6.61 Å². The van der Waals surface area contributed by atoms with E-state index in [0.717, 1.165) is 11.1 Å². The van der Waals surface area contributed by atoms with Gasteiger partial charge in [0, 0.05) is 16.8 Å². The Morgan fingerprint density at radius 1 is 1.35 bits per heavy atom. The SMILES string of the molecule is Cc1cc(CO)cnc1Oc1cccc(Cl)c1. The van der Waals surface area contributed by atoms with Gasteiger partial charge in [0.15, 0.2) is 0 Å². The minimum Gasteiger partial charge on any atom is -0.439 e. The van der Waals surface area contributed by atoms with Crippen LogP contribution in [0.3, 0.4) is 0 Å². The zero-order valence-electron chi connectivity index (χ0n) is 9.35. The first kappa shape index (κ1) is 11.9. The first-order valence-corrected chi connectivity index (χ1v) is 5.56. The Morgan fingerprint density at radius 3 is 2.82 bits per heavy atom. The number of aliphatic hydroxyl groups excluding tert-OH is 1. The molecule has 0 spiro atoms. The largest absolute Gasteiger partial charge is 0.439 e. The molecule has 0 radical (unpaired) electrons. The van der Waals surface area contributed by atoms with E-state index in [4.69, 9.17) is 21.4 Å². The standard InChI is InChI=1S/C13H12ClNO2/c1-9-5-10(8-16)7-15-13(9)17-12-4-2-3-11(14)6-12/h2-7,16H,8H2,1H3. The number of rotatable bonds is 3. The van der Waals surface area contributed by atoms with Gasteiger partial charge in [-0.15, -0.1) is 0 Å². The maximum atomic E-state index is 8.98. The summed E-state index contributed by atoms with van der Waals surface area (Å²) in [6, 6.07) is 8.97. The van der Waals surface area contributed by atoms with Crippen LogP contribution in [-0.2, 0) is 6.61 Å². The minimum atomic E-state index is -0.0225. The number of hydrogen-bond donors (Lipinski definition) is 1. The number of aliphatic hydroxyl groups is 1. The summed E-state index contributed by atoms with van der Waals surface area (Å²) in [6.45, 7) is 1.86. The monoisotopic (exact) mass is 249 g/mol. The maximum absolute atomic E-state index is 8.98. The van der Waals surface area contributed by atoms with E-state index >= 15 is 0 Å². The highest BCUT2D eigenvalue weighted by molar-refractivity contribution is 6.30. The Labute approximate surface area is 105 Å². The summed E-state index contributed by atoms with van der Waals surface area (Å²) >= 11 is 5.87. The first-order valence-electron chi connectivity index (χ1n) is 5.19. The predicted molar refractivity (Wildman–Crippen MR) is 66.4 cm³/mol. The van der Waals surface area contributed by atoms with Crippen molar-refractivity contribution < 1.29 is 9.84 Å². The third kappa shape index (κ3) is 2.96. The van der Waals surface area contributed by atoms with Gasteiger partial charge in [-0.3, -0.25) is 0 Å². The zero-order chi connectivity index (χ0) is 12.3. The van der Waals surface area contributed by atoms with Gasteiger partial charge in [0.1, 0.15) is 5.75 Å². The number of nitrogens with zero attached hydrogens (tertiary/aromatic N) is 1. The van der Waals surface area contributed by atoms with E-state index in [1.54, 1.807) is 18.3 Å². The third-order valence-corrected chi connectivity index (χ3v) is 2.52. The Morgan fingerprint density at radius 2 is 2.18 bits per heavy atom. The molecule has 3 nitrogen and oxygen atoms in total. The molecule has 0 fully saturated rings. The Hall–Kier alpha value is -1.58. The minimum absolute atomic E-state index is 0.0225. The van der Waals surface area contributed by atoms with Crippen LogP contribution in [-0.4, -0.2) is 10.1 Å². The number of pyridine rings is 1. The molecular weight excluding hydrogens is 238 g/mol. The summed E-state index contributed by atoms with van der Waals surface area (Å²) in [5.74, 6) is 1.16. The van der Waals surface area contributed by atoms with Crippen molar-refractivity contribution in [1.82, 2.24) is 4.98 Å². The summed E-state index contributed by atoms with van der Waals surface area (Å²) in [5.41, 5.74) is 1.64. The smallest absolute Gasteiger partial charge is 0.222 e. The molecule has 0 saturated carbocycles. The van der Waals surface area contributed by atoms with Gasteiger partial charge in [-0.2, -0.15) is 0 Å². The van der Waals surface area contributed by atoms with Gasteiger partial charge >= 0.3 is 0 Å². The zero-order valence-corrected chi connectivity index (χ0v) is 10.1. The average Bonchev–Trinajstić information content (AvgIpc) is 2.32. The summed E-state index contributed by atoms with van der Waals surface area (Å²) < 4.78 is 5.61. The van der Waals surface area contributed by atoms with Crippen LogP contribution >= 0.6 is 11.6 Å². The highest BCUT2D eigenvalue weighted by atomic mass is 35.5. The lowest BCUT2D eigenvalue weighted by atomic mass is 10.2. The number of hydrogen-bond acceptors (Lipinski definition) is 3. The molecule has 0 saturated heterocycles. The second-order valence-corrected chi connectivity index (χ2v) is 4.12. The summed E-state index contributed by atoms with van der Waals surface area (Å²) in [7, 11) is 0. The van der Waals surface area contributed by atoms with Crippen LogP contribution in [0.25, 0.3) is 0 Å². The van der Waals surface area contributed by atoms with Crippen LogP contribution < -0.4 is 4.74 Å². The van der Waals surface area contributed by atoms with Gasteiger partial charge < -0.3 is 9.84 Å². The van der Waals surface area contributed by atoms with E-state index in [1.165, 1.54) is 0 Å². The van der Waals surface area contributed by atoms with Crippen molar-refractivity contribution in [2.45, 2.75) is 13.5 Å². The van der Waals surface area contributed by atoms with E-state index < -0.39 is 0 Å². The molecule has 1 heterocycles. The molecule has 1 aromatic carbocycles. The lowest BCUT2D eigenvalue weighted by Crippen LogP contribution is -1.94. The van der Waals surface area contributed by atoms with Crippen molar-refractivity contribution in [1.29, 1.82) is 0 Å². The van der Waals surface area contributed by atoms with Crippen LogP contribution in [0.15, 0.2) is 36.5 Å². The number of ether oxygens (including phenoxy) is 1. The molecule has 2 aromatic rings. The molecule has 0 atom stereocenters. The Balaban J connectivity index is 2.24. The highest BCUT2D eigenvalue weighted by Gasteiger charge is 2.04. The molecule has 0 unspecified atom stereocenters. The normalized spacial score (nSPS) is 10.3. The fourth-order valence-corrected chi connectivity index (χ4v) is 1.64. The van der Waals surface area contributed by atoms with Crippen molar-refractivity contribution in [3.05, 3.63) is 52.7 Å². The number of halogens is 1. The van der Waals surface area contributed by atoms with E-state index in [1.807, 2.05) is 25.1 Å². The fraction of sp³-hybridized carbons (Fsp3) is 0.154. The van der Waals surface area contributed by atoms with Crippen LogP contribution in [0.5, 0.6) is 11.6 Å². The van der Waals surface area contributed by atoms with Gasteiger partial charge in [-0.1, -0.05) is 17.7 Å². The van der Waals surface area contributed by atoms with Gasteiger partial charge in [-0.25, -0.2) is 4.98 Å². The highest BCUT2D eigenvalue weighted by Crippen LogP contribution is 2.25. The van der Waals surface area contributed by atoms with Gasteiger partial charge in [0.25, 0.3) is 0 Å². The fourth-order valence-electron chi connectivity index (χ4n) is 1.46. The van der Waals surface area contributed by atoms with Gasteiger partial charge in [-0.05, 0) is 36.8 Å². The number of aryl methyl sites for hydroxylation is 1.